The zero-order valence-electron chi connectivity index (χ0n) is 8.05. The molecule has 2 rings (SSSR count). The van der Waals surface area contributed by atoms with Gasteiger partial charge in [0.05, 0.1) is 0 Å². The summed E-state index contributed by atoms with van der Waals surface area (Å²) >= 11 is 3.38. The molecule has 1 heterocycles. The SMILES string of the molecule is CCC1(Nc2ncnc(N)c2Br)CC1. The fourth-order valence-electron chi connectivity index (χ4n) is 1.44. The Hall–Kier alpha value is -0.840. The molecule has 1 saturated carbocycles. The Morgan fingerprint density at radius 3 is 2.86 bits per heavy atom. The molecule has 3 N–H and O–H groups in total. The maximum absolute atomic E-state index is 5.66. The first-order valence-electron chi connectivity index (χ1n) is 4.71. The van der Waals surface area contributed by atoms with Crippen LogP contribution in [0.4, 0.5) is 11.6 Å². The maximum atomic E-state index is 5.66. The summed E-state index contributed by atoms with van der Waals surface area (Å²) in [4.78, 5) is 8.06. The Morgan fingerprint density at radius 2 is 2.29 bits per heavy atom. The minimum atomic E-state index is 0.253. The van der Waals surface area contributed by atoms with Gasteiger partial charge in [-0.15, -0.1) is 0 Å². The van der Waals surface area contributed by atoms with E-state index in [2.05, 4.69) is 38.1 Å². The molecule has 0 bridgehead atoms. The van der Waals surface area contributed by atoms with E-state index < -0.39 is 0 Å². The number of hydrogen-bond donors (Lipinski definition) is 2. The summed E-state index contributed by atoms with van der Waals surface area (Å²) in [6.45, 7) is 2.18. The van der Waals surface area contributed by atoms with Gasteiger partial charge in [0.15, 0.2) is 0 Å². The Kier molecular flexibility index (Phi) is 2.34. The van der Waals surface area contributed by atoms with E-state index >= 15 is 0 Å². The molecule has 0 amide bonds. The fraction of sp³-hybridized carbons (Fsp3) is 0.556. The van der Waals surface area contributed by atoms with Crippen molar-refractivity contribution >= 4 is 27.6 Å². The second kappa shape index (κ2) is 3.38. The summed E-state index contributed by atoms with van der Waals surface area (Å²) in [6, 6.07) is 0. The molecule has 1 aromatic rings. The second-order valence-corrected chi connectivity index (χ2v) is 4.47. The van der Waals surface area contributed by atoms with E-state index in [1.165, 1.54) is 19.2 Å². The van der Waals surface area contributed by atoms with Gasteiger partial charge < -0.3 is 11.1 Å². The van der Waals surface area contributed by atoms with Gasteiger partial charge in [-0.05, 0) is 35.2 Å². The number of hydrogen-bond acceptors (Lipinski definition) is 4. The van der Waals surface area contributed by atoms with Crippen molar-refractivity contribution in [3.05, 3.63) is 10.8 Å². The van der Waals surface area contributed by atoms with Crippen molar-refractivity contribution in [2.45, 2.75) is 31.7 Å². The molecular weight excluding hydrogens is 244 g/mol. The highest BCUT2D eigenvalue weighted by molar-refractivity contribution is 9.10. The molecule has 5 heteroatoms. The quantitative estimate of drug-likeness (QED) is 0.871. The van der Waals surface area contributed by atoms with Crippen molar-refractivity contribution in [3.8, 4) is 0 Å². The van der Waals surface area contributed by atoms with Gasteiger partial charge in [-0.25, -0.2) is 9.97 Å². The van der Waals surface area contributed by atoms with Gasteiger partial charge in [0, 0.05) is 5.54 Å². The largest absolute Gasteiger partial charge is 0.383 e. The zero-order chi connectivity index (χ0) is 10.2. The highest BCUT2D eigenvalue weighted by Crippen LogP contribution is 2.42. The molecule has 0 spiro atoms. The predicted octanol–water partition coefficient (Wildman–Crippen LogP) is 2.18. The Balaban J connectivity index is 2.21. The van der Waals surface area contributed by atoms with Crippen molar-refractivity contribution in [3.63, 3.8) is 0 Å². The smallest absolute Gasteiger partial charge is 0.146 e. The summed E-state index contributed by atoms with van der Waals surface area (Å²) in [7, 11) is 0. The second-order valence-electron chi connectivity index (χ2n) is 3.68. The first kappa shape index (κ1) is 9.71. The molecule has 1 aliphatic carbocycles. The molecular formula is C9H13BrN4. The average molecular weight is 257 g/mol. The van der Waals surface area contributed by atoms with Crippen LogP contribution in [0.2, 0.25) is 0 Å². The van der Waals surface area contributed by atoms with E-state index in [4.69, 9.17) is 5.73 Å². The van der Waals surface area contributed by atoms with Crippen LogP contribution < -0.4 is 11.1 Å². The topological polar surface area (TPSA) is 63.8 Å². The van der Waals surface area contributed by atoms with Crippen molar-refractivity contribution in [2.75, 3.05) is 11.1 Å². The Morgan fingerprint density at radius 1 is 1.57 bits per heavy atom. The van der Waals surface area contributed by atoms with E-state index in [9.17, 15) is 0 Å². The van der Waals surface area contributed by atoms with Crippen LogP contribution in [0.3, 0.4) is 0 Å². The summed E-state index contributed by atoms with van der Waals surface area (Å²) in [5.74, 6) is 1.28. The monoisotopic (exact) mass is 256 g/mol. The molecule has 1 aliphatic rings. The van der Waals surface area contributed by atoms with Crippen LogP contribution in [0.25, 0.3) is 0 Å². The lowest BCUT2D eigenvalue weighted by molar-refractivity contribution is 0.696. The van der Waals surface area contributed by atoms with Crippen LogP contribution in [0.15, 0.2) is 10.8 Å². The molecule has 0 atom stereocenters. The Bertz CT molecular complexity index is 349. The maximum Gasteiger partial charge on any atom is 0.146 e. The first-order valence-corrected chi connectivity index (χ1v) is 5.50. The van der Waals surface area contributed by atoms with Crippen molar-refractivity contribution in [1.29, 1.82) is 0 Å². The predicted molar refractivity (Wildman–Crippen MR) is 60.0 cm³/mol. The third-order valence-electron chi connectivity index (χ3n) is 2.73. The molecule has 0 unspecified atom stereocenters. The number of nitrogens with two attached hydrogens (primary N) is 1. The van der Waals surface area contributed by atoms with Crippen LogP contribution in [0.5, 0.6) is 0 Å². The van der Waals surface area contributed by atoms with Gasteiger partial charge in [0.1, 0.15) is 22.4 Å². The van der Waals surface area contributed by atoms with Crippen LogP contribution in [0.1, 0.15) is 26.2 Å². The lowest BCUT2D eigenvalue weighted by Gasteiger charge is -2.16. The zero-order valence-corrected chi connectivity index (χ0v) is 9.63. The van der Waals surface area contributed by atoms with Gasteiger partial charge in [0.2, 0.25) is 0 Å². The molecule has 14 heavy (non-hydrogen) atoms. The van der Waals surface area contributed by atoms with Crippen molar-refractivity contribution in [2.24, 2.45) is 0 Å². The van der Waals surface area contributed by atoms with E-state index in [0.717, 1.165) is 16.7 Å². The van der Waals surface area contributed by atoms with Crippen LogP contribution >= 0.6 is 15.9 Å². The Labute approximate surface area is 91.4 Å². The lowest BCUT2D eigenvalue weighted by atomic mass is 10.2. The highest BCUT2D eigenvalue weighted by Gasteiger charge is 2.41. The number of nitrogen functional groups attached to an aromatic ring is 1. The number of anilines is 2. The molecule has 0 aliphatic heterocycles. The number of halogens is 1. The van der Waals surface area contributed by atoms with Gasteiger partial charge >= 0.3 is 0 Å². The molecule has 0 radical (unpaired) electrons. The number of nitrogens with one attached hydrogen (secondary N) is 1. The van der Waals surface area contributed by atoms with Crippen molar-refractivity contribution in [1.82, 2.24) is 9.97 Å². The summed E-state index contributed by atoms with van der Waals surface area (Å²) in [6.07, 6.45) is 5.01. The third-order valence-corrected chi connectivity index (χ3v) is 3.51. The van der Waals surface area contributed by atoms with Crippen LogP contribution in [-0.4, -0.2) is 15.5 Å². The molecule has 1 aromatic heterocycles. The van der Waals surface area contributed by atoms with Gasteiger partial charge in [0.25, 0.3) is 0 Å². The summed E-state index contributed by atoms with van der Waals surface area (Å²) < 4.78 is 0.764. The summed E-state index contributed by atoms with van der Waals surface area (Å²) in [5.41, 5.74) is 5.92. The summed E-state index contributed by atoms with van der Waals surface area (Å²) in [5, 5.41) is 3.41. The molecule has 0 saturated heterocycles. The number of nitrogens with zero attached hydrogens (tertiary/aromatic N) is 2. The van der Waals surface area contributed by atoms with E-state index in [1.807, 2.05) is 0 Å². The fourth-order valence-corrected chi connectivity index (χ4v) is 1.74. The number of aromatic nitrogens is 2. The third kappa shape index (κ3) is 1.68. The van der Waals surface area contributed by atoms with E-state index in [0.29, 0.717) is 5.82 Å². The van der Waals surface area contributed by atoms with Crippen LogP contribution in [0, 0.1) is 0 Å². The lowest BCUT2D eigenvalue weighted by Crippen LogP contribution is -2.21. The van der Waals surface area contributed by atoms with E-state index in [-0.39, 0.29) is 5.54 Å². The first-order chi connectivity index (χ1) is 6.67. The van der Waals surface area contributed by atoms with Gasteiger partial charge in [-0.3, -0.25) is 0 Å². The minimum Gasteiger partial charge on any atom is -0.383 e. The molecule has 1 fully saturated rings. The van der Waals surface area contributed by atoms with E-state index in [1.54, 1.807) is 0 Å². The molecule has 76 valence electrons. The minimum absolute atomic E-state index is 0.253. The van der Waals surface area contributed by atoms with Crippen LogP contribution in [-0.2, 0) is 0 Å². The number of rotatable bonds is 3. The molecule has 0 aromatic carbocycles. The standard InChI is InChI=1S/C9H13BrN4/c1-2-9(3-4-9)14-8-6(10)7(11)12-5-13-8/h5H,2-4H2,1H3,(H3,11,12,13,14). The van der Waals surface area contributed by atoms with Crippen molar-refractivity contribution < 1.29 is 0 Å². The molecule has 4 nitrogen and oxygen atoms in total. The van der Waals surface area contributed by atoms with Gasteiger partial charge in [-0.1, -0.05) is 6.92 Å². The van der Waals surface area contributed by atoms with Gasteiger partial charge in [-0.2, -0.15) is 0 Å². The average Bonchev–Trinajstić information content (AvgIpc) is 2.94. The normalized spacial score (nSPS) is 17.9. The highest BCUT2D eigenvalue weighted by atomic mass is 79.9.